The molecule has 2 aliphatic rings. The zero-order valence-corrected chi connectivity index (χ0v) is 18.9. The number of methoxy groups -OCH3 is 1. The molecule has 1 heterocycles. The number of amides is 2. The van der Waals surface area contributed by atoms with E-state index in [2.05, 4.69) is 5.32 Å². The van der Waals surface area contributed by atoms with Gasteiger partial charge in [-0.05, 0) is 52.4 Å². The van der Waals surface area contributed by atoms with Crippen LogP contribution in [0.5, 0.6) is 0 Å². The third-order valence-corrected chi connectivity index (χ3v) is 5.85. The van der Waals surface area contributed by atoms with Gasteiger partial charge in [0, 0.05) is 19.8 Å². The number of carbonyl (C=O) groups excluding carboxylic acids is 2. The summed E-state index contributed by atoms with van der Waals surface area (Å²) >= 11 is 0. The van der Waals surface area contributed by atoms with Crippen molar-refractivity contribution in [2.24, 2.45) is 16.8 Å². The van der Waals surface area contributed by atoms with Gasteiger partial charge in [0.05, 0.1) is 17.9 Å². The third-order valence-electron chi connectivity index (χ3n) is 5.85. The van der Waals surface area contributed by atoms with Crippen LogP contribution in [0.25, 0.3) is 0 Å². The summed E-state index contributed by atoms with van der Waals surface area (Å²) < 4.78 is 10.6. The number of nitrogens with one attached hydrogen (secondary N) is 1. The maximum Gasteiger partial charge on any atom is 0.414 e. The van der Waals surface area contributed by atoms with Gasteiger partial charge in [0.15, 0.2) is 0 Å². The van der Waals surface area contributed by atoms with Crippen molar-refractivity contribution in [3.63, 3.8) is 0 Å². The number of alkyl carbamates (subject to hydrolysis) is 1. The summed E-state index contributed by atoms with van der Waals surface area (Å²) in [6.07, 6.45) is 1.75. The van der Waals surface area contributed by atoms with Gasteiger partial charge < -0.3 is 14.6 Å². The van der Waals surface area contributed by atoms with Gasteiger partial charge in [-0.25, -0.2) is 9.79 Å². The fraction of sp³-hybridized carbons (Fsp3) is 0.810. The summed E-state index contributed by atoms with van der Waals surface area (Å²) in [5.41, 5.74) is -1.30. The lowest BCUT2D eigenvalue weighted by Gasteiger charge is -2.41. The number of hydrogen-bond acceptors (Lipinski definition) is 6. The summed E-state index contributed by atoms with van der Waals surface area (Å²) in [6.45, 7) is 9.55. The molecule has 0 aromatic heterocycles. The molecule has 0 bridgehead atoms. The topological polar surface area (TPSA) is 118 Å². The average molecular weight is 426 g/mol. The number of carbonyl (C=O) groups is 3. The Morgan fingerprint density at radius 2 is 1.97 bits per heavy atom. The van der Waals surface area contributed by atoms with Gasteiger partial charge in [-0.2, -0.15) is 0 Å². The molecule has 1 saturated carbocycles. The first kappa shape index (κ1) is 24.1. The minimum atomic E-state index is -0.873. The van der Waals surface area contributed by atoms with E-state index in [-0.39, 0.29) is 24.2 Å². The highest BCUT2D eigenvalue weighted by molar-refractivity contribution is 6.05. The van der Waals surface area contributed by atoms with Crippen LogP contribution >= 0.6 is 0 Å². The Balaban J connectivity index is 2.39. The molecule has 0 spiro atoms. The van der Waals surface area contributed by atoms with Gasteiger partial charge >= 0.3 is 12.1 Å². The van der Waals surface area contributed by atoms with Gasteiger partial charge in [0.2, 0.25) is 11.9 Å². The second-order valence-electron chi connectivity index (χ2n) is 9.13. The first-order valence-corrected chi connectivity index (χ1v) is 10.6. The Morgan fingerprint density at radius 3 is 2.43 bits per heavy atom. The Labute approximate surface area is 178 Å². The number of nitrogens with zero attached hydrogens (tertiary/aromatic N) is 2. The van der Waals surface area contributed by atoms with Crippen LogP contribution in [-0.2, 0) is 19.1 Å². The Bertz CT molecular complexity index is 695. The number of hydrogen-bond donors (Lipinski definition) is 2. The van der Waals surface area contributed by atoms with Crippen molar-refractivity contribution in [1.29, 1.82) is 0 Å². The Kier molecular flexibility index (Phi) is 7.49. The van der Waals surface area contributed by atoms with Crippen LogP contribution < -0.4 is 5.32 Å². The zero-order chi connectivity index (χ0) is 22.7. The number of guanidine groups is 1. The summed E-state index contributed by atoms with van der Waals surface area (Å²) in [7, 11) is 1.56. The van der Waals surface area contributed by atoms with Crippen LogP contribution in [0.4, 0.5) is 4.79 Å². The van der Waals surface area contributed by atoms with Crippen molar-refractivity contribution in [3.05, 3.63) is 0 Å². The second kappa shape index (κ2) is 9.32. The molecule has 9 heteroatoms. The van der Waals surface area contributed by atoms with E-state index in [0.29, 0.717) is 32.3 Å². The Hall–Kier alpha value is -2.16. The summed E-state index contributed by atoms with van der Waals surface area (Å²) in [5.74, 6) is -1.62. The molecule has 1 aliphatic heterocycles. The molecule has 30 heavy (non-hydrogen) atoms. The molecule has 0 aromatic carbocycles. The van der Waals surface area contributed by atoms with E-state index in [9.17, 15) is 19.5 Å². The molecule has 0 radical (unpaired) electrons. The van der Waals surface area contributed by atoms with Gasteiger partial charge in [0.25, 0.3) is 0 Å². The fourth-order valence-corrected chi connectivity index (χ4v) is 3.98. The highest BCUT2D eigenvalue weighted by atomic mass is 16.6. The van der Waals surface area contributed by atoms with Gasteiger partial charge in [-0.15, -0.1) is 0 Å². The Morgan fingerprint density at radius 1 is 1.33 bits per heavy atom. The van der Waals surface area contributed by atoms with E-state index >= 15 is 0 Å². The number of carboxylic acid groups (broad SMARTS) is 1. The zero-order valence-electron chi connectivity index (χ0n) is 18.9. The highest BCUT2D eigenvalue weighted by Gasteiger charge is 2.53. The van der Waals surface area contributed by atoms with Crippen LogP contribution in [0.1, 0.15) is 66.7 Å². The lowest BCUT2D eigenvalue weighted by Crippen LogP contribution is -2.59. The quantitative estimate of drug-likeness (QED) is 0.617. The standard InChI is InChI=1S/C21H35N3O6/c1-7-21(8-2)12-16(25)24(18(23-21)22-19(28)30-20(3,4)5)15(9-10-29-6)13-11-14(13)17(26)27/h13-15H,7-12H2,1-6H3,(H,26,27)(H,22,23,28)/t13?,14-,15+/m0/s1. The van der Waals surface area contributed by atoms with Crippen molar-refractivity contribution < 1.29 is 29.0 Å². The minimum Gasteiger partial charge on any atom is -0.481 e. The van der Waals surface area contributed by atoms with Gasteiger partial charge in [0.1, 0.15) is 5.60 Å². The van der Waals surface area contributed by atoms with E-state index in [1.54, 1.807) is 27.9 Å². The van der Waals surface area contributed by atoms with Crippen LogP contribution in [0.15, 0.2) is 4.99 Å². The first-order chi connectivity index (χ1) is 14.0. The smallest absolute Gasteiger partial charge is 0.414 e. The summed E-state index contributed by atoms with van der Waals surface area (Å²) in [5, 5.41) is 12.1. The maximum absolute atomic E-state index is 13.3. The van der Waals surface area contributed by atoms with E-state index < -0.39 is 35.2 Å². The molecule has 9 nitrogen and oxygen atoms in total. The number of ether oxygens (including phenoxy) is 2. The predicted molar refractivity (Wildman–Crippen MR) is 111 cm³/mol. The van der Waals surface area contributed by atoms with E-state index in [1.165, 1.54) is 4.90 Å². The van der Waals surface area contributed by atoms with Crippen molar-refractivity contribution in [3.8, 4) is 0 Å². The lowest BCUT2D eigenvalue weighted by molar-refractivity contribution is -0.140. The molecule has 2 amide bonds. The van der Waals surface area contributed by atoms with Crippen LogP contribution in [0.3, 0.4) is 0 Å². The largest absolute Gasteiger partial charge is 0.481 e. The molecule has 0 aromatic rings. The summed E-state index contributed by atoms with van der Waals surface area (Å²) in [4.78, 5) is 43.5. The molecule has 1 aliphatic carbocycles. The summed E-state index contributed by atoms with van der Waals surface area (Å²) in [6, 6.07) is -0.418. The molecule has 2 N–H and O–H groups in total. The molecule has 1 unspecified atom stereocenters. The molecule has 170 valence electrons. The van der Waals surface area contributed by atoms with Gasteiger partial charge in [-0.1, -0.05) is 13.8 Å². The molecule has 1 fully saturated rings. The van der Waals surface area contributed by atoms with Crippen LogP contribution in [-0.4, -0.2) is 64.8 Å². The van der Waals surface area contributed by atoms with E-state index in [1.807, 2.05) is 13.8 Å². The fourth-order valence-electron chi connectivity index (χ4n) is 3.98. The molecule has 3 atom stereocenters. The monoisotopic (exact) mass is 425 g/mol. The molecular formula is C21H35N3O6. The van der Waals surface area contributed by atoms with Crippen LogP contribution in [0.2, 0.25) is 0 Å². The molecular weight excluding hydrogens is 390 g/mol. The molecule has 0 saturated heterocycles. The lowest BCUT2D eigenvalue weighted by atomic mass is 9.87. The maximum atomic E-state index is 13.3. The number of carboxylic acids is 1. The SMILES string of the molecule is CCC1(CC)CC(=O)N([C@H](CCOC)C2C[C@@H]2C(=O)O)C(NC(=O)OC(C)(C)C)=N1. The second-order valence-corrected chi connectivity index (χ2v) is 9.13. The van der Waals surface area contributed by atoms with Crippen LogP contribution in [0, 0.1) is 11.8 Å². The van der Waals surface area contributed by atoms with Crippen molar-refractivity contribution >= 4 is 23.9 Å². The number of aliphatic imine (C=N–C) groups is 1. The highest BCUT2D eigenvalue weighted by Crippen LogP contribution is 2.45. The van der Waals surface area contributed by atoms with E-state index in [4.69, 9.17) is 14.5 Å². The third kappa shape index (κ3) is 5.71. The first-order valence-electron chi connectivity index (χ1n) is 10.6. The van der Waals surface area contributed by atoms with Gasteiger partial charge in [-0.3, -0.25) is 19.8 Å². The number of aliphatic carboxylic acids is 1. The average Bonchev–Trinajstić information content (AvgIpc) is 3.42. The van der Waals surface area contributed by atoms with Crippen molar-refractivity contribution in [2.45, 2.75) is 83.9 Å². The molecule has 2 rings (SSSR count). The number of rotatable bonds is 8. The predicted octanol–water partition coefficient (Wildman–Crippen LogP) is 2.78. The van der Waals surface area contributed by atoms with E-state index in [0.717, 1.165) is 0 Å². The minimum absolute atomic E-state index is 0.140. The van der Waals surface area contributed by atoms with Crippen molar-refractivity contribution in [2.75, 3.05) is 13.7 Å². The normalized spacial score (nSPS) is 24.1. The van der Waals surface area contributed by atoms with Crippen molar-refractivity contribution in [1.82, 2.24) is 10.2 Å².